The van der Waals surface area contributed by atoms with Crippen LogP contribution in [0.3, 0.4) is 0 Å². The van der Waals surface area contributed by atoms with Crippen LogP contribution in [-0.2, 0) is 6.61 Å². The van der Waals surface area contributed by atoms with E-state index in [0.717, 1.165) is 11.5 Å². The van der Waals surface area contributed by atoms with Crippen LogP contribution >= 0.6 is 0 Å². The van der Waals surface area contributed by atoms with Gasteiger partial charge in [-0.25, -0.2) is 0 Å². The molecule has 80 valence electrons. The fourth-order valence-electron chi connectivity index (χ4n) is 3.04. The number of rotatable bonds is 2. The van der Waals surface area contributed by atoms with Gasteiger partial charge in [0.15, 0.2) is 0 Å². The molecule has 2 heterocycles. The van der Waals surface area contributed by atoms with E-state index in [0.29, 0.717) is 6.04 Å². The molecule has 15 heavy (non-hydrogen) atoms. The van der Waals surface area contributed by atoms with Crippen LogP contribution in [0.25, 0.3) is 0 Å². The Kier molecular flexibility index (Phi) is 2.13. The van der Waals surface area contributed by atoms with Gasteiger partial charge in [-0.15, -0.1) is 0 Å². The highest BCUT2D eigenvalue weighted by Gasteiger charge is 2.38. The summed E-state index contributed by atoms with van der Waals surface area (Å²) in [6, 6.07) is 2.74. The van der Waals surface area contributed by atoms with Crippen molar-refractivity contribution in [3.63, 3.8) is 0 Å². The lowest BCUT2D eigenvalue weighted by Crippen LogP contribution is -2.32. The lowest BCUT2D eigenvalue weighted by molar-refractivity contribution is 0.281. The topological polar surface area (TPSA) is 36.4 Å². The van der Waals surface area contributed by atoms with Gasteiger partial charge >= 0.3 is 0 Å². The molecule has 1 aromatic rings. The molecule has 0 amide bonds. The van der Waals surface area contributed by atoms with Gasteiger partial charge in [0.25, 0.3) is 0 Å². The first-order valence-electron chi connectivity index (χ1n) is 5.69. The second-order valence-corrected chi connectivity index (χ2v) is 4.65. The van der Waals surface area contributed by atoms with E-state index in [1.54, 1.807) is 6.20 Å². The summed E-state index contributed by atoms with van der Waals surface area (Å²) < 4.78 is 0. The van der Waals surface area contributed by atoms with Crippen LogP contribution < -0.4 is 4.90 Å². The van der Waals surface area contributed by atoms with E-state index in [-0.39, 0.29) is 6.61 Å². The number of hydrogen-bond donors (Lipinski definition) is 1. The van der Waals surface area contributed by atoms with Gasteiger partial charge in [0.05, 0.1) is 6.61 Å². The van der Waals surface area contributed by atoms with Crippen LogP contribution in [0.1, 0.15) is 24.8 Å². The Morgan fingerprint density at radius 1 is 1.47 bits per heavy atom. The van der Waals surface area contributed by atoms with Crippen molar-refractivity contribution < 1.29 is 5.11 Å². The van der Waals surface area contributed by atoms with Crippen molar-refractivity contribution in [2.24, 2.45) is 5.92 Å². The Morgan fingerprint density at radius 3 is 3.07 bits per heavy atom. The zero-order valence-corrected chi connectivity index (χ0v) is 8.76. The summed E-state index contributed by atoms with van der Waals surface area (Å²) in [4.78, 5) is 6.52. The zero-order chi connectivity index (χ0) is 10.3. The number of aliphatic hydroxyl groups excluding tert-OH is 1. The average molecular weight is 204 g/mol. The summed E-state index contributed by atoms with van der Waals surface area (Å²) in [5.41, 5.74) is 2.16. The van der Waals surface area contributed by atoms with Crippen LogP contribution in [0.15, 0.2) is 18.5 Å². The fourth-order valence-corrected chi connectivity index (χ4v) is 3.04. The number of anilines is 1. The molecule has 2 bridgehead atoms. The van der Waals surface area contributed by atoms with Gasteiger partial charge in [-0.2, -0.15) is 0 Å². The lowest BCUT2D eigenvalue weighted by Gasteiger charge is -2.30. The van der Waals surface area contributed by atoms with Crippen molar-refractivity contribution in [2.45, 2.75) is 31.9 Å². The van der Waals surface area contributed by atoms with E-state index in [1.807, 2.05) is 12.3 Å². The number of hydrogen-bond acceptors (Lipinski definition) is 3. The Labute approximate surface area is 89.7 Å². The first kappa shape index (κ1) is 9.16. The number of piperidine rings is 1. The van der Waals surface area contributed by atoms with Gasteiger partial charge < -0.3 is 10.0 Å². The predicted octanol–water partition coefficient (Wildman–Crippen LogP) is 1.56. The predicted molar refractivity (Wildman–Crippen MR) is 58.6 cm³/mol. The van der Waals surface area contributed by atoms with Crippen molar-refractivity contribution in [1.82, 2.24) is 4.98 Å². The summed E-state index contributed by atoms with van der Waals surface area (Å²) in [6.45, 7) is 1.26. The maximum atomic E-state index is 9.28. The molecule has 2 unspecified atom stereocenters. The summed E-state index contributed by atoms with van der Waals surface area (Å²) >= 11 is 0. The SMILES string of the molecule is OCc1cnccc1N1CC2CCC1C2. The Bertz CT molecular complexity index is 366. The summed E-state index contributed by atoms with van der Waals surface area (Å²) in [6.07, 6.45) is 7.65. The van der Waals surface area contributed by atoms with Crippen molar-refractivity contribution in [3.05, 3.63) is 24.0 Å². The van der Waals surface area contributed by atoms with E-state index >= 15 is 0 Å². The maximum absolute atomic E-state index is 9.28. The quantitative estimate of drug-likeness (QED) is 0.794. The smallest absolute Gasteiger partial charge is 0.0717 e. The minimum atomic E-state index is 0.0943. The molecule has 2 fully saturated rings. The summed E-state index contributed by atoms with van der Waals surface area (Å²) in [7, 11) is 0. The van der Waals surface area contributed by atoms with E-state index in [2.05, 4.69) is 9.88 Å². The summed E-state index contributed by atoms with van der Waals surface area (Å²) in [5, 5.41) is 9.28. The Balaban J connectivity index is 1.92. The molecule has 2 atom stereocenters. The monoisotopic (exact) mass is 204 g/mol. The first-order chi connectivity index (χ1) is 7.38. The highest BCUT2D eigenvalue weighted by Crippen LogP contribution is 2.40. The molecule has 2 aliphatic rings. The molecule has 1 N–H and O–H groups in total. The Hall–Kier alpha value is -1.09. The number of pyridine rings is 1. The van der Waals surface area contributed by atoms with Gasteiger partial charge in [0.1, 0.15) is 0 Å². The minimum absolute atomic E-state index is 0.0943. The van der Waals surface area contributed by atoms with E-state index in [4.69, 9.17) is 0 Å². The summed E-state index contributed by atoms with van der Waals surface area (Å²) in [5.74, 6) is 0.884. The molecule has 1 saturated carbocycles. The molecular weight excluding hydrogens is 188 g/mol. The van der Waals surface area contributed by atoms with Crippen LogP contribution in [0.2, 0.25) is 0 Å². The van der Waals surface area contributed by atoms with Crippen molar-refractivity contribution in [2.75, 3.05) is 11.4 Å². The van der Waals surface area contributed by atoms with Gasteiger partial charge in [-0.1, -0.05) is 0 Å². The molecule has 1 saturated heterocycles. The van der Waals surface area contributed by atoms with Gasteiger partial charge in [0.2, 0.25) is 0 Å². The van der Waals surface area contributed by atoms with Gasteiger partial charge in [0, 0.05) is 36.2 Å². The molecule has 1 aliphatic heterocycles. The number of fused-ring (bicyclic) bond motifs is 2. The third-order valence-electron chi connectivity index (χ3n) is 3.77. The van der Waals surface area contributed by atoms with Crippen molar-refractivity contribution >= 4 is 5.69 Å². The lowest BCUT2D eigenvalue weighted by atomic mass is 10.1. The van der Waals surface area contributed by atoms with Crippen molar-refractivity contribution in [3.8, 4) is 0 Å². The van der Waals surface area contributed by atoms with Crippen LogP contribution in [0, 0.1) is 5.92 Å². The molecule has 0 aromatic carbocycles. The zero-order valence-electron chi connectivity index (χ0n) is 8.76. The maximum Gasteiger partial charge on any atom is 0.0717 e. The Morgan fingerprint density at radius 2 is 2.40 bits per heavy atom. The number of aromatic nitrogens is 1. The second kappa shape index (κ2) is 3.49. The average Bonchev–Trinajstić information content (AvgIpc) is 2.90. The molecule has 3 rings (SSSR count). The fraction of sp³-hybridized carbons (Fsp3) is 0.583. The third kappa shape index (κ3) is 1.42. The molecule has 3 heteroatoms. The third-order valence-corrected chi connectivity index (χ3v) is 3.77. The standard InChI is InChI=1S/C12H16N2O/c15-8-10-6-13-4-3-12(10)14-7-9-1-2-11(14)5-9/h3-4,6,9,11,15H,1-2,5,7-8H2. The van der Waals surface area contributed by atoms with Crippen LogP contribution in [0.5, 0.6) is 0 Å². The molecule has 1 aliphatic carbocycles. The van der Waals surface area contributed by atoms with E-state index in [1.165, 1.54) is 31.5 Å². The van der Waals surface area contributed by atoms with E-state index < -0.39 is 0 Å². The number of nitrogens with zero attached hydrogens (tertiary/aromatic N) is 2. The van der Waals surface area contributed by atoms with Crippen LogP contribution in [0.4, 0.5) is 5.69 Å². The van der Waals surface area contributed by atoms with Gasteiger partial charge in [-0.3, -0.25) is 4.98 Å². The normalized spacial score (nSPS) is 28.7. The highest BCUT2D eigenvalue weighted by molar-refractivity contribution is 5.54. The first-order valence-corrected chi connectivity index (χ1v) is 5.69. The molecule has 0 spiro atoms. The molecular formula is C12H16N2O. The largest absolute Gasteiger partial charge is 0.392 e. The van der Waals surface area contributed by atoms with Crippen molar-refractivity contribution in [1.29, 1.82) is 0 Å². The minimum Gasteiger partial charge on any atom is -0.392 e. The number of aliphatic hydroxyl groups is 1. The highest BCUT2D eigenvalue weighted by atomic mass is 16.3. The molecule has 0 radical (unpaired) electrons. The second-order valence-electron chi connectivity index (χ2n) is 4.65. The van der Waals surface area contributed by atoms with Gasteiger partial charge in [-0.05, 0) is 31.2 Å². The van der Waals surface area contributed by atoms with Crippen LogP contribution in [-0.4, -0.2) is 22.7 Å². The molecule has 3 nitrogen and oxygen atoms in total. The van der Waals surface area contributed by atoms with E-state index in [9.17, 15) is 5.11 Å². The molecule has 1 aromatic heterocycles.